The summed E-state index contributed by atoms with van der Waals surface area (Å²) in [5, 5.41) is 13.6. The molecule has 2 rings (SSSR count). The van der Waals surface area contributed by atoms with E-state index in [0.29, 0.717) is 11.9 Å². The summed E-state index contributed by atoms with van der Waals surface area (Å²) in [5.74, 6) is 0.387. The molecular formula is C10H19N7. The first-order valence-corrected chi connectivity index (χ1v) is 5.44. The van der Waals surface area contributed by atoms with E-state index in [4.69, 9.17) is 16.7 Å². The molecule has 0 spiro atoms. The Morgan fingerprint density at radius 3 is 2.59 bits per heavy atom. The first-order valence-electron chi connectivity index (χ1n) is 5.44. The number of nitrogens with one attached hydrogen (secondary N) is 3. The van der Waals surface area contributed by atoms with Crippen LogP contribution in [0.5, 0.6) is 0 Å². The monoisotopic (exact) mass is 237 g/mol. The fourth-order valence-corrected chi connectivity index (χ4v) is 1.51. The summed E-state index contributed by atoms with van der Waals surface area (Å²) in [4.78, 5) is 4.22. The maximum absolute atomic E-state index is 7.37. The van der Waals surface area contributed by atoms with Crippen LogP contribution in [0.4, 0.5) is 0 Å². The molecular weight excluding hydrogens is 218 g/mol. The fourth-order valence-electron chi connectivity index (χ4n) is 1.51. The molecule has 0 aromatic carbocycles. The Morgan fingerprint density at radius 1 is 1.53 bits per heavy atom. The standard InChI is InChI=1S/C7H10N6.C3H9N/c1-13-5-3-10-2-4(5)11-7(13)6(8)12-9;1-3(2)4/h8-10H,2-3H2,1H3;3H,4H2,1-2H3. The third-order valence-electron chi connectivity index (χ3n) is 2.21. The van der Waals surface area contributed by atoms with Crippen molar-refractivity contribution < 1.29 is 0 Å². The van der Waals surface area contributed by atoms with Crippen LogP contribution < -0.4 is 11.1 Å². The Kier molecular flexibility index (Phi) is 4.47. The third kappa shape index (κ3) is 3.18. The van der Waals surface area contributed by atoms with Crippen LogP contribution in [0.1, 0.15) is 31.1 Å². The molecule has 2 heterocycles. The van der Waals surface area contributed by atoms with Gasteiger partial charge in [0, 0.05) is 20.1 Å². The highest BCUT2D eigenvalue weighted by Gasteiger charge is 2.20. The maximum Gasteiger partial charge on any atom is 0.209 e. The summed E-state index contributed by atoms with van der Waals surface area (Å²) in [5.41, 5.74) is 13.9. The van der Waals surface area contributed by atoms with Crippen molar-refractivity contribution in [3.05, 3.63) is 17.2 Å². The highest BCUT2D eigenvalue weighted by Crippen LogP contribution is 2.15. The first-order chi connectivity index (χ1) is 7.97. The van der Waals surface area contributed by atoms with Gasteiger partial charge >= 0.3 is 0 Å². The smallest absolute Gasteiger partial charge is 0.209 e. The van der Waals surface area contributed by atoms with Crippen LogP contribution in [0.25, 0.3) is 0 Å². The molecule has 0 radical (unpaired) electrons. The number of rotatable bonds is 1. The number of nitrogens with zero attached hydrogens (tertiary/aromatic N) is 3. The molecule has 1 aromatic heterocycles. The van der Waals surface area contributed by atoms with Gasteiger partial charge in [0.05, 0.1) is 11.4 Å². The van der Waals surface area contributed by atoms with Crippen molar-refractivity contribution >= 4 is 5.84 Å². The van der Waals surface area contributed by atoms with E-state index in [2.05, 4.69) is 15.4 Å². The Morgan fingerprint density at radius 2 is 2.12 bits per heavy atom. The van der Waals surface area contributed by atoms with Gasteiger partial charge in [0.1, 0.15) is 0 Å². The van der Waals surface area contributed by atoms with Crippen LogP contribution in [0.3, 0.4) is 0 Å². The molecule has 0 unspecified atom stereocenters. The lowest BCUT2D eigenvalue weighted by atomic mass is 10.4. The maximum atomic E-state index is 7.37. The molecule has 0 saturated carbocycles. The number of amidine groups is 1. The highest BCUT2D eigenvalue weighted by molar-refractivity contribution is 5.93. The van der Waals surface area contributed by atoms with Crippen LogP contribution in [0.15, 0.2) is 5.11 Å². The van der Waals surface area contributed by atoms with Gasteiger partial charge in [-0.3, -0.25) is 5.41 Å². The van der Waals surface area contributed by atoms with Crippen LogP contribution in [0, 0.1) is 10.9 Å². The number of imidazole rings is 1. The van der Waals surface area contributed by atoms with Gasteiger partial charge in [-0.15, -0.1) is 5.11 Å². The van der Waals surface area contributed by atoms with Crippen molar-refractivity contribution in [2.75, 3.05) is 0 Å². The Labute approximate surface area is 100 Å². The topological polar surface area (TPSA) is 116 Å². The second-order valence-electron chi connectivity index (χ2n) is 4.20. The van der Waals surface area contributed by atoms with Gasteiger partial charge in [-0.2, -0.15) is 0 Å². The average molecular weight is 237 g/mol. The number of hydrogen-bond donors (Lipinski definition) is 4. The van der Waals surface area contributed by atoms with Gasteiger partial charge in [-0.25, -0.2) is 10.5 Å². The lowest BCUT2D eigenvalue weighted by Gasteiger charge is -2.00. The van der Waals surface area contributed by atoms with Gasteiger partial charge in [0.2, 0.25) is 5.84 Å². The molecule has 0 amide bonds. The fraction of sp³-hybridized carbons (Fsp3) is 0.600. The second-order valence-corrected chi connectivity index (χ2v) is 4.20. The zero-order valence-corrected chi connectivity index (χ0v) is 10.4. The largest absolute Gasteiger partial charge is 0.328 e. The van der Waals surface area contributed by atoms with E-state index in [1.807, 2.05) is 25.5 Å². The Balaban J connectivity index is 0.000000317. The molecule has 0 saturated heterocycles. The Bertz CT molecular complexity index is 416. The predicted octanol–water partition coefficient (Wildman–Crippen LogP) is 0.733. The minimum Gasteiger partial charge on any atom is -0.328 e. The minimum atomic E-state index is -0.0862. The summed E-state index contributed by atoms with van der Waals surface area (Å²) in [7, 11) is 1.84. The molecule has 7 heteroatoms. The minimum absolute atomic E-state index is 0.0862. The molecule has 17 heavy (non-hydrogen) atoms. The molecule has 0 bridgehead atoms. The molecule has 1 aliphatic rings. The van der Waals surface area contributed by atoms with Crippen molar-refractivity contribution in [3.8, 4) is 0 Å². The molecule has 0 fully saturated rings. The first kappa shape index (κ1) is 13.5. The zero-order chi connectivity index (χ0) is 13.0. The summed E-state index contributed by atoms with van der Waals surface area (Å²) < 4.78 is 1.82. The van der Waals surface area contributed by atoms with E-state index in [-0.39, 0.29) is 5.84 Å². The molecule has 0 aliphatic carbocycles. The molecule has 0 atom stereocenters. The van der Waals surface area contributed by atoms with Crippen molar-refractivity contribution in [3.63, 3.8) is 0 Å². The van der Waals surface area contributed by atoms with E-state index in [1.54, 1.807) is 0 Å². The molecule has 5 N–H and O–H groups in total. The lowest BCUT2D eigenvalue weighted by Crippen LogP contribution is -2.11. The number of nitrogens with two attached hydrogens (primary N) is 1. The summed E-state index contributed by atoms with van der Waals surface area (Å²) in [6.07, 6.45) is 0. The summed E-state index contributed by atoms with van der Waals surface area (Å²) in [6, 6.07) is 0.333. The van der Waals surface area contributed by atoms with E-state index in [0.717, 1.165) is 24.5 Å². The predicted molar refractivity (Wildman–Crippen MR) is 65.1 cm³/mol. The van der Waals surface area contributed by atoms with Crippen molar-refractivity contribution in [1.29, 1.82) is 10.9 Å². The van der Waals surface area contributed by atoms with E-state index in [1.165, 1.54) is 0 Å². The van der Waals surface area contributed by atoms with Crippen molar-refractivity contribution in [2.24, 2.45) is 17.9 Å². The zero-order valence-electron chi connectivity index (χ0n) is 10.4. The van der Waals surface area contributed by atoms with E-state index < -0.39 is 0 Å². The normalized spacial score (nSPS) is 13.0. The SMILES string of the molecule is CC(C)N.Cn1c(C(=N)N=N)nc2c1CNC2. The van der Waals surface area contributed by atoms with Crippen molar-refractivity contribution in [1.82, 2.24) is 14.9 Å². The number of hydrogen-bond acceptors (Lipinski definition) is 5. The van der Waals surface area contributed by atoms with Gasteiger partial charge in [0.25, 0.3) is 0 Å². The second kappa shape index (κ2) is 5.65. The molecule has 1 aliphatic heterocycles. The number of fused-ring (bicyclic) bond motifs is 1. The highest BCUT2D eigenvalue weighted by atomic mass is 15.2. The number of aromatic nitrogens is 2. The molecule has 94 valence electrons. The van der Waals surface area contributed by atoms with Crippen LogP contribution in [-0.2, 0) is 20.1 Å². The summed E-state index contributed by atoms with van der Waals surface area (Å²) >= 11 is 0. The van der Waals surface area contributed by atoms with Gasteiger partial charge in [-0.05, 0) is 6.04 Å². The van der Waals surface area contributed by atoms with Crippen LogP contribution >= 0.6 is 0 Å². The Hall–Kier alpha value is -1.60. The molecule has 7 nitrogen and oxygen atoms in total. The average Bonchev–Trinajstić information content (AvgIpc) is 2.80. The van der Waals surface area contributed by atoms with Gasteiger partial charge < -0.3 is 15.6 Å². The van der Waals surface area contributed by atoms with Crippen molar-refractivity contribution in [2.45, 2.75) is 33.0 Å². The summed E-state index contributed by atoms with van der Waals surface area (Å²) in [6.45, 7) is 5.42. The lowest BCUT2D eigenvalue weighted by molar-refractivity contribution is 0.708. The van der Waals surface area contributed by atoms with Gasteiger partial charge in [0.15, 0.2) is 5.82 Å². The van der Waals surface area contributed by atoms with Crippen LogP contribution in [-0.4, -0.2) is 21.4 Å². The third-order valence-corrected chi connectivity index (χ3v) is 2.21. The van der Waals surface area contributed by atoms with Gasteiger partial charge in [-0.1, -0.05) is 13.8 Å². The van der Waals surface area contributed by atoms with Crippen LogP contribution in [0.2, 0.25) is 0 Å². The van der Waals surface area contributed by atoms with E-state index in [9.17, 15) is 0 Å². The quantitative estimate of drug-likeness (QED) is 0.328. The van der Waals surface area contributed by atoms with E-state index >= 15 is 0 Å². The molecule has 1 aromatic rings.